The number of ether oxygens (including phenoxy) is 3. The molecule has 2 amide bonds. The maximum Gasteiger partial charge on any atom is 0.254 e. The van der Waals surface area contributed by atoms with Gasteiger partial charge >= 0.3 is 0 Å². The van der Waals surface area contributed by atoms with Crippen LogP contribution in [0.1, 0.15) is 46.6 Å². The Bertz CT molecular complexity index is 1220. The summed E-state index contributed by atoms with van der Waals surface area (Å²) in [6, 6.07) is 14.8. The quantitative estimate of drug-likeness (QED) is 0.332. The molecule has 196 valence electrons. The first-order valence-electron chi connectivity index (χ1n) is 12.5. The molecule has 7 nitrogen and oxygen atoms in total. The Hall–Kier alpha value is -3.52. The maximum atomic E-state index is 13.8. The fourth-order valence-corrected chi connectivity index (χ4v) is 5.06. The van der Waals surface area contributed by atoms with Gasteiger partial charge in [-0.1, -0.05) is 26.3 Å². The molecule has 2 aromatic carbocycles. The normalized spacial score (nSPS) is 12.8. The SMILES string of the molecule is CC[C@H](C)CN(CC(=O)N(Cc1ccc2c(c1)OCO2)Cc1sccc1C)C(=O)c1ccc(OC)cc1. The van der Waals surface area contributed by atoms with Gasteiger partial charge in [0.25, 0.3) is 5.91 Å². The van der Waals surface area contributed by atoms with Crippen molar-refractivity contribution in [3.63, 3.8) is 0 Å². The highest BCUT2D eigenvalue weighted by Gasteiger charge is 2.25. The molecule has 0 bridgehead atoms. The Morgan fingerprint density at radius 2 is 1.78 bits per heavy atom. The number of fused-ring (bicyclic) bond motifs is 1. The molecule has 0 saturated heterocycles. The molecule has 37 heavy (non-hydrogen) atoms. The van der Waals surface area contributed by atoms with E-state index in [9.17, 15) is 9.59 Å². The van der Waals surface area contributed by atoms with Crippen molar-refractivity contribution in [3.8, 4) is 17.2 Å². The number of carbonyl (C=O) groups is 2. The van der Waals surface area contributed by atoms with Crippen molar-refractivity contribution in [2.75, 3.05) is 27.0 Å². The van der Waals surface area contributed by atoms with E-state index in [1.807, 2.05) is 28.5 Å². The summed E-state index contributed by atoms with van der Waals surface area (Å²) in [6.07, 6.45) is 0.913. The molecule has 1 aliphatic rings. The van der Waals surface area contributed by atoms with Crippen molar-refractivity contribution in [1.29, 1.82) is 0 Å². The topological polar surface area (TPSA) is 68.3 Å². The fraction of sp³-hybridized carbons (Fsp3) is 0.379. The van der Waals surface area contributed by atoms with Crippen LogP contribution in [0, 0.1) is 12.8 Å². The third-order valence-corrected chi connectivity index (χ3v) is 7.65. The average Bonchev–Trinajstić information content (AvgIpc) is 3.55. The van der Waals surface area contributed by atoms with E-state index in [1.54, 1.807) is 47.6 Å². The van der Waals surface area contributed by atoms with Crippen LogP contribution in [-0.2, 0) is 17.9 Å². The van der Waals surface area contributed by atoms with Crippen LogP contribution in [0.25, 0.3) is 0 Å². The standard InChI is InChI=1S/C29H34N2O5S/c1-5-20(2)15-31(29(33)23-7-9-24(34-4)10-8-23)18-28(32)30(17-27-21(3)12-13-37-27)16-22-6-11-25-26(14-22)36-19-35-25/h6-14,20H,5,15-19H2,1-4H3/t20-/m0/s1. The highest BCUT2D eigenvalue weighted by Crippen LogP contribution is 2.33. The lowest BCUT2D eigenvalue weighted by molar-refractivity contribution is -0.133. The van der Waals surface area contributed by atoms with E-state index in [-0.39, 0.29) is 31.1 Å². The van der Waals surface area contributed by atoms with Crippen molar-refractivity contribution in [3.05, 3.63) is 75.5 Å². The Kier molecular flexibility index (Phi) is 8.71. The minimum absolute atomic E-state index is 0.00414. The van der Waals surface area contributed by atoms with Gasteiger partial charge in [0.2, 0.25) is 12.7 Å². The van der Waals surface area contributed by atoms with Crippen molar-refractivity contribution in [2.45, 2.75) is 40.3 Å². The van der Waals surface area contributed by atoms with Crippen molar-refractivity contribution < 1.29 is 23.8 Å². The zero-order valence-corrected chi connectivity index (χ0v) is 22.7. The fourth-order valence-electron chi connectivity index (χ4n) is 4.14. The summed E-state index contributed by atoms with van der Waals surface area (Å²) in [5, 5.41) is 2.04. The number of aryl methyl sites for hydroxylation is 1. The van der Waals surface area contributed by atoms with E-state index < -0.39 is 0 Å². The van der Waals surface area contributed by atoms with Crippen LogP contribution >= 0.6 is 11.3 Å². The Morgan fingerprint density at radius 1 is 1.03 bits per heavy atom. The zero-order valence-electron chi connectivity index (χ0n) is 21.9. The number of thiophene rings is 1. The van der Waals surface area contributed by atoms with Crippen LogP contribution in [0.4, 0.5) is 0 Å². The molecule has 4 rings (SSSR count). The zero-order chi connectivity index (χ0) is 26.4. The third-order valence-electron chi connectivity index (χ3n) is 6.65. The third kappa shape index (κ3) is 6.63. The predicted octanol–water partition coefficient (Wildman–Crippen LogP) is 5.51. The molecule has 1 atom stereocenters. The van der Waals surface area contributed by atoms with Gasteiger partial charge in [-0.25, -0.2) is 0 Å². The molecule has 0 radical (unpaired) electrons. The Labute approximate surface area is 222 Å². The summed E-state index contributed by atoms with van der Waals surface area (Å²) in [5.74, 6) is 2.08. The van der Waals surface area contributed by atoms with Gasteiger partial charge in [-0.3, -0.25) is 9.59 Å². The summed E-state index contributed by atoms with van der Waals surface area (Å²) in [6.45, 7) is 7.83. The van der Waals surface area contributed by atoms with Crippen LogP contribution in [-0.4, -0.2) is 48.6 Å². The number of hydrogen-bond donors (Lipinski definition) is 0. The van der Waals surface area contributed by atoms with Crippen LogP contribution in [0.2, 0.25) is 0 Å². The number of carbonyl (C=O) groups excluding carboxylic acids is 2. The number of rotatable bonds is 11. The molecule has 0 saturated carbocycles. The highest BCUT2D eigenvalue weighted by atomic mass is 32.1. The molecular weight excluding hydrogens is 488 g/mol. The summed E-state index contributed by atoms with van der Waals surface area (Å²) >= 11 is 1.63. The Morgan fingerprint density at radius 3 is 2.46 bits per heavy atom. The summed E-state index contributed by atoms with van der Waals surface area (Å²) in [7, 11) is 1.59. The summed E-state index contributed by atoms with van der Waals surface area (Å²) in [5.41, 5.74) is 2.63. The van der Waals surface area contributed by atoms with E-state index in [0.717, 1.165) is 22.4 Å². The monoisotopic (exact) mass is 522 g/mol. The van der Waals surface area contributed by atoms with E-state index in [2.05, 4.69) is 26.8 Å². The molecule has 0 spiro atoms. The summed E-state index contributed by atoms with van der Waals surface area (Å²) in [4.78, 5) is 31.9. The Balaban J connectivity index is 1.57. The molecule has 0 fully saturated rings. The van der Waals surface area contributed by atoms with Gasteiger partial charge in [-0.2, -0.15) is 0 Å². The van der Waals surface area contributed by atoms with E-state index in [1.165, 1.54) is 0 Å². The van der Waals surface area contributed by atoms with Gasteiger partial charge in [0.1, 0.15) is 12.3 Å². The molecule has 0 unspecified atom stereocenters. The maximum absolute atomic E-state index is 13.8. The van der Waals surface area contributed by atoms with Gasteiger partial charge in [0.15, 0.2) is 11.5 Å². The first kappa shape index (κ1) is 26.5. The number of nitrogens with zero attached hydrogens (tertiary/aromatic N) is 2. The lowest BCUT2D eigenvalue weighted by atomic mass is 10.1. The molecule has 1 aliphatic heterocycles. The highest BCUT2D eigenvalue weighted by molar-refractivity contribution is 7.10. The first-order valence-corrected chi connectivity index (χ1v) is 13.4. The van der Waals surface area contributed by atoms with Crippen molar-refractivity contribution >= 4 is 23.2 Å². The van der Waals surface area contributed by atoms with E-state index >= 15 is 0 Å². The number of hydrogen-bond acceptors (Lipinski definition) is 6. The minimum Gasteiger partial charge on any atom is -0.497 e. The van der Waals surface area contributed by atoms with E-state index in [0.29, 0.717) is 42.4 Å². The number of amides is 2. The van der Waals surface area contributed by atoms with Gasteiger partial charge in [-0.05, 0) is 71.8 Å². The smallest absolute Gasteiger partial charge is 0.254 e. The predicted molar refractivity (Wildman–Crippen MR) is 144 cm³/mol. The van der Waals surface area contributed by atoms with Crippen molar-refractivity contribution in [2.24, 2.45) is 5.92 Å². The lowest BCUT2D eigenvalue weighted by Gasteiger charge is -2.29. The van der Waals surface area contributed by atoms with Crippen LogP contribution in [0.15, 0.2) is 53.9 Å². The second-order valence-electron chi connectivity index (χ2n) is 9.39. The number of benzene rings is 2. The minimum atomic E-state index is -0.161. The lowest BCUT2D eigenvalue weighted by Crippen LogP contribution is -2.44. The van der Waals surface area contributed by atoms with Crippen LogP contribution in [0.3, 0.4) is 0 Å². The number of methoxy groups -OCH3 is 1. The molecule has 3 aromatic rings. The second-order valence-corrected chi connectivity index (χ2v) is 10.4. The molecule has 8 heteroatoms. The molecule has 0 N–H and O–H groups in total. The summed E-state index contributed by atoms with van der Waals surface area (Å²) < 4.78 is 16.2. The van der Waals surface area contributed by atoms with Crippen LogP contribution in [0.5, 0.6) is 17.2 Å². The van der Waals surface area contributed by atoms with E-state index in [4.69, 9.17) is 14.2 Å². The van der Waals surface area contributed by atoms with Crippen LogP contribution < -0.4 is 14.2 Å². The van der Waals surface area contributed by atoms with Gasteiger partial charge in [0.05, 0.1) is 13.7 Å². The van der Waals surface area contributed by atoms with Gasteiger partial charge in [-0.15, -0.1) is 11.3 Å². The average molecular weight is 523 g/mol. The van der Waals surface area contributed by atoms with Crippen molar-refractivity contribution in [1.82, 2.24) is 9.80 Å². The first-order chi connectivity index (χ1) is 17.9. The molecule has 1 aromatic heterocycles. The largest absolute Gasteiger partial charge is 0.497 e. The molecular formula is C29H34N2O5S. The van der Waals surface area contributed by atoms with Gasteiger partial charge < -0.3 is 24.0 Å². The van der Waals surface area contributed by atoms with Gasteiger partial charge in [0, 0.05) is 23.5 Å². The molecule has 0 aliphatic carbocycles. The second kappa shape index (κ2) is 12.1. The molecule has 2 heterocycles.